The van der Waals surface area contributed by atoms with E-state index in [-0.39, 0.29) is 17.7 Å². The molecule has 1 saturated heterocycles. The van der Waals surface area contributed by atoms with Crippen LogP contribution in [0.5, 0.6) is 11.5 Å². The van der Waals surface area contributed by atoms with Gasteiger partial charge in [0.25, 0.3) is 5.91 Å². The molecule has 2 unspecified atom stereocenters. The molecular formula is C21H31N3O4. The smallest absolute Gasteiger partial charge is 0.257 e. The number of piperazine rings is 1. The van der Waals surface area contributed by atoms with Gasteiger partial charge in [-0.2, -0.15) is 0 Å². The molecular weight excluding hydrogens is 358 g/mol. The van der Waals surface area contributed by atoms with Crippen LogP contribution in [0.4, 0.5) is 0 Å². The quantitative estimate of drug-likeness (QED) is 0.850. The highest BCUT2D eigenvalue weighted by atomic mass is 16.5. The maximum absolute atomic E-state index is 13.0. The summed E-state index contributed by atoms with van der Waals surface area (Å²) in [4.78, 5) is 29.6. The van der Waals surface area contributed by atoms with E-state index in [9.17, 15) is 9.59 Å². The summed E-state index contributed by atoms with van der Waals surface area (Å²) >= 11 is 0. The monoisotopic (exact) mass is 389 g/mol. The summed E-state index contributed by atoms with van der Waals surface area (Å²) in [6.45, 7) is 4.08. The van der Waals surface area contributed by atoms with Gasteiger partial charge in [0.15, 0.2) is 0 Å². The average Bonchev–Trinajstić information content (AvgIpc) is 2.72. The summed E-state index contributed by atoms with van der Waals surface area (Å²) in [6.07, 6.45) is 3.88. The second kappa shape index (κ2) is 8.39. The van der Waals surface area contributed by atoms with E-state index in [1.165, 1.54) is 7.11 Å². The molecule has 0 radical (unpaired) electrons. The molecule has 2 fully saturated rings. The van der Waals surface area contributed by atoms with Gasteiger partial charge in [0, 0.05) is 37.8 Å². The summed E-state index contributed by atoms with van der Waals surface area (Å²) in [5.74, 6) is 1.06. The summed E-state index contributed by atoms with van der Waals surface area (Å²) < 4.78 is 10.5. The molecule has 1 aromatic carbocycles. The minimum absolute atomic E-state index is 0.0899. The van der Waals surface area contributed by atoms with Gasteiger partial charge in [-0.25, -0.2) is 0 Å². The molecule has 0 spiro atoms. The van der Waals surface area contributed by atoms with Gasteiger partial charge in [0.05, 0.1) is 25.7 Å². The third-order valence-electron chi connectivity index (χ3n) is 6.07. The third-order valence-corrected chi connectivity index (χ3v) is 6.07. The van der Waals surface area contributed by atoms with E-state index < -0.39 is 5.54 Å². The van der Waals surface area contributed by atoms with Gasteiger partial charge in [0.2, 0.25) is 5.91 Å². The molecule has 2 N–H and O–H groups in total. The zero-order chi connectivity index (χ0) is 20.3. The lowest BCUT2D eigenvalue weighted by Gasteiger charge is -2.42. The number of carbonyl (C=O) groups is 2. The van der Waals surface area contributed by atoms with Crippen molar-refractivity contribution in [3.05, 3.63) is 23.8 Å². The minimum atomic E-state index is -0.432. The number of carbonyl (C=O) groups excluding carboxylic acids is 2. The number of benzene rings is 1. The van der Waals surface area contributed by atoms with E-state index in [2.05, 4.69) is 0 Å². The Hall–Kier alpha value is -2.28. The molecule has 2 amide bonds. The van der Waals surface area contributed by atoms with Crippen LogP contribution in [0.1, 0.15) is 43.0 Å². The molecule has 0 aromatic heterocycles. The number of methoxy groups -OCH3 is 2. The lowest BCUT2D eigenvalue weighted by Crippen LogP contribution is -2.57. The third kappa shape index (κ3) is 4.09. The van der Waals surface area contributed by atoms with Crippen molar-refractivity contribution in [2.45, 2.75) is 38.1 Å². The van der Waals surface area contributed by atoms with E-state index in [0.29, 0.717) is 43.2 Å². The summed E-state index contributed by atoms with van der Waals surface area (Å²) in [5, 5.41) is 0. The van der Waals surface area contributed by atoms with Crippen LogP contribution < -0.4 is 15.2 Å². The highest BCUT2D eigenvalue weighted by Crippen LogP contribution is 2.33. The largest absolute Gasteiger partial charge is 0.497 e. The summed E-state index contributed by atoms with van der Waals surface area (Å²) in [6, 6.07) is 5.18. The number of hydrogen-bond donors (Lipinski definition) is 1. The second-order valence-electron chi connectivity index (χ2n) is 7.99. The molecule has 1 aliphatic heterocycles. The van der Waals surface area contributed by atoms with Crippen LogP contribution in [-0.4, -0.2) is 67.6 Å². The first-order valence-corrected chi connectivity index (χ1v) is 9.96. The minimum Gasteiger partial charge on any atom is -0.497 e. The van der Waals surface area contributed by atoms with Gasteiger partial charge < -0.3 is 25.0 Å². The van der Waals surface area contributed by atoms with Crippen molar-refractivity contribution >= 4 is 11.8 Å². The van der Waals surface area contributed by atoms with Crippen LogP contribution in [0.2, 0.25) is 0 Å². The standard InChI is InChI=1S/C21H31N3O4/c1-21(22)9-5-4-6-17(21)20(26)24-12-10-23(11-13-24)19(25)16-8-7-15(27-2)14-18(16)28-3/h7-8,14,17H,4-6,9-13,22H2,1-3H3. The van der Waals surface area contributed by atoms with Crippen LogP contribution in [0.25, 0.3) is 0 Å². The van der Waals surface area contributed by atoms with E-state index in [4.69, 9.17) is 15.2 Å². The van der Waals surface area contributed by atoms with Crippen LogP contribution in [0.3, 0.4) is 0 Å². The zero-order valence-electron chi connectivity index (χ0n) is 17.1. The molecule has 0 bridgehead atoms. The van der Waals surface area contributed by atoms with Crippen LogP contribution >= 0.6 is 0 Å². The number of nitrogens with two attached hydrogens (primary N) is 1. The summed E-state index contributed by atoms with van der Waals surface area (Å²) in [5.41, 5.74) is 6.47. The molecule has 1 aliphatic carbocycles. The first kappa shape index (κ1) is 20.5. The Kier molecular flexibility index (Phi) is 6.13. The molecule has 1 saturated carbocycles. The fourth-order valence-corrected chi connectivity index (χ4v) is 4.26. The topological polar surface area (TPSA) is 85.1 Å². The van der Waals surface area contributed by atoms with E-state index in [1.807, 2.05) is 11.8 Å². The van der Waals surface area contributed by atoms with Crippen molar-refractivity contribution in [2.24, 2.45) is 11.7 Å². The van der Waals surface area contributed by atoms with Crippen molar-refractivity contribution in [3.63, 3.8) is 0 Å². The van der Waals surface area contributed by atoms with Crippen molar-refractivity contribution in [1.29, 1.82) is 0 Å². The number of nitrogens with zero attached hydrogens (tertiary/aromatic N) is 2. The molecule has 3 rings (SSSR count). The van der Waals surface area contributed by atoms with Gasteiger partial charge in [0.1, 0.15) is 11.5 Å². The Morgan fingerprint density at radius 2 is 1.75 bits per heavy atom. The van der Waals surface area contributed by atoms with E-state index in [0.717, 1.165) is 25.7 Å². The van der Waals surface area contributed by atoms with Crippen molar-refractivity contribution < 1.29 is 19.1 Å². The summed E-state index contributed by atoms with van der Waals surface area (Å²) in [7, 11) is 3.11. The maximum Gasteiger partial charge on any atom is 0.257 e. The fourth-order valence-electron chi connectivity index (χ4n) is 4.26. The Morgan fingerprint density at radius 1 is 1.07 bits per heavy atom. The zero-order valence-corrected chi connectivity index (χ0v) is 17.1. The Bertz CT molecular complexity index is 726. The van der Waals surface area contributed by atoms with Crippen LogP contribution in [0.15, 0.2) is 18.2 Å². The van der Waals surface area contributed by atoms with Gasteiger partial charge in [-0.15, -0.1) is 0 Å². The number of amides is 2. The van der Waals surface area contributed by atoms with Gasteiger partial charge in [-0.3, -0.25) is 9.59 Å². The van der Waals surface area contributed by atoms with Crippen molar-refractivity contribution in [2.75, 3.05) is 40.4 Å². The predicted octanol–water partition coefficient (Wildman–Crippen LogP) is 1.90. The van der Waals surface area contributed by atoms with Crippen molar-refractivity contribution in [3.8, 4) is 11.5 Å². The van der Waals surface area contributed by atoms with Crippen LogP contribution in [0, 0.1) is 5.92 Å². The molecule has 28 heavy (non-hydrogen) atoms. The maximum atomic E-state index is 13.0. The van der Waals surface area contributed by atoms with Crippen LogP contribution in [-0.2, 0) is 4.79 Å². The SMILES string of the molecule is COc1ccc(C(=O)N2CCN(C(=O)C3CCCCC3(C)N)CC2)c(OC)c1. The number of ether oxygens (including phenoxy) is 2. The van der Waals surface area contributed by atoms with Gasteiger partial charge in [-0.05, 0) is 31.9 Å². The molecule has 1 heterocycles. The molecule has 2 aliphatic rings. The first-order chi connectivity index (χ1) is 13.4. The second-order valence-corrected chi connectivity index (χ2v) is 7.99. The fraction of sp³-hybridized carbons (Fsp3) is 0.619. The van der Waals surface area contributed by atoms with Crippen molar-refractivity contribution in [1.82, 2.24) is 9.80 Å². The highest BCUT2D eigenvalue weighted by molar-refractivity contribution is 5.97. The lowest BCUT2D eigenvalue weighted by atomic mass is 9.74. The Balaban J connectivity index is 1.64. The van der Waals surface area contributed by atoms with Gasteiger partial charge in [-0.1, -0.05) is 12.8 Å². The normalized spacial score (nSPS) is 25.4. The predicted molar refractivity (Wildman–Crippen MR) is 107 cm³/mol. The number of rotatable bonds is 4. The Morgan fingerprint density at radius 3 is 2.36 bits per heavy atom. The number of hydrogen-bond acceptors (Lipinski definition) is 5. The molecule has 2 atom stereocenters. The van der Waals surface area contributed by atoms with E-state index >= 15 is 0 Å². The average molecular weight is 389 g/mol. The Labute approximate surface area is 166 Å². The lowest BCUT2D eigenvalue weighted by molar-refractivity contribution is -0.140. The molecule has 1 aromatic rings. The molecule has 7 nitrogen and oxygen atoms in total. The molecule has 7 heteroatoms. The molecule has 154 valence electrons. The first-order valence-electron chi connectivity index (χ1n) is 9.96. The van der Waals surface area contributed by atoms with Gasteiger partial charge >= 0.3 is 0 Å². The highest BCUT2D eigenvalue weighted by Gasteiger charge is 2.40. The van der Waals surface area contributed by atoms with E-state index in [1.54, 1.807) is 30.2 Å².